The molecule has 2 unspecified atom stereocenters. The van der Waals surface area contributed by atoms with Crippen LogP contribution < -0.4 is 11.1 Å². The van der Waals surface area contributed by atoms with Crippen molar-refractivity contribution in [1.29, 1.82) is 0 Å². The molecule has 6 heteroatoms. The normalized spacial score (nSPS) is 23.2. The topological polar surface area (TPSA) is 70.6 Å². The Bertz CT molecular complexity index is 510. The molecule has 1 aliphatic rings. The number of hydrogen-bond acceptors (Lipinski definition) is 4. The summed E-state index contributed by atoms with van der Waals surface area (Å²) in [6, 6.07) is 5.39. The van der Waals surface area contributed by atoms with Crippen LogP contribution in [0, 0.1) is 5.82 Å². The fraction of sp³-hybridized carbons (Fsp3) is 0.533. The smallest absolute Gasteiger partial charge is 0.173 e. The highest BCUT2D eigenvalue weighted by molar-refractivity contribution is 7.99. The first-order valence-electron chi connectivity index (χ1n) is 7.17. The van der Waals surface area contributed by atoms with Gasteiger partial charge in [0, 0.05) is 23.4 Å². The highest BCUT2D eigenvalue weighted by Gasteiger charge is 2.21. The van der Waals surface area contributed by atoms with Crippen LogP contribution in [0.5, 0.6) is 0 Å². The Hall–Kier alpha value is -1.27. The zero-order chi connectivity index (χ0) is 15.2. The van der Waals surface area contributed by atoms with Gasteiger partial charge in [-0.3, -0.25) is 0 Å². The Morgan fingerprint density at radius 1 is 1.52 bits per heavy atom. The molecule has 2 rings (SSSR count). The van der Waals surface area contributed by atoms with Crippen LogP contribution in [0.4, 0.5) is 4.39 Å². The maximum absolute atomic E-state index is 14.3. The SMILES string of the molecule is CSC1CCCC(NCc2cccc(/C(N)=N/O)c2F)C1. The van der Waals surface area contributed by atoms with E-state index >= 15 is 0 Å². The van der Waals surface area contributed by atoms with Crippen LogP contribution >= 0.6 is 11.8 Å². The lowest BCUT2D eigenvalue weighted by Gasteiger charge is -2.29. The van der Waals surface area contributed by atoms with Gasteiger partial charge in [0.15, 0.2) is 5.84 Å². The summed E-state index contributed by atoms with van der Waals surface area (Å²) < 4.78 is 14.3. The van der Waals surface area contributed by atoms with Crippen LogP contribution in [0.2, 0.25) is 0 Å². The molecule has 2 atom stereocenters. The van der Waals surface area contributed by atoms with Crippen LogP contribution in [0.1, 0.15) is 36.8 Å². The van der Waals surface area contributed by atoms with Crippen LogP contribution in [-0.4, -0.2) is 28.6 Å². The lowest BCUT2D eigenvalue weighted by atomic mass is 9.94. The molecule has 0 heterocycles. The summed E-state index contributed by atoms with van der Waals surface area (Å²) in [6.45, 7) is 0.462. The summed E-state index contributed by atoms with van der Waals surface area (Å²) in [5.74, 6) is -0.619. The van der Waals surface area contributed by atoms with Gasteiger partial charge in [0.25, 0.3) is 0 Å². The van der Waals surface area contributed by atoms with Crippen molar-refractivity contribution in [3.63, 3.8) is 0 Å². The molecule has 0 radical (unpaired) electrons. The van der Waals surface area contributed by atoms with Gasteiger partial charge in [-0.15, -0.1) is 0 Å². The minimum Gasteiger partial charge on any atom is -0.409 e. The van der Waals surface area contributed by atoms with E-state index in [4.69, 9.17) is 10.9 Å². The van der Waals surface area contributed by atoms with Crippen molar-refractivity contribution in [1.82, 2.24) is 5.32 Å². The van der Waals surface area contributed by atoms with E-state index in [2.05, 4.69) is 16.7 Å². The van der Waals surface area contributed by atoms with Crippen molar-refractivity contribution in [3.05, 3.63) is 35.1 Å². The molecule has 0 bridgehead atoms. The number of hydrogen-bond donors (Lipinski definition) is 3. The summed E-state index contributed by atoms with van der Waals surface area (Å²) in [5, 5.41) is 15.7. The summed E-state index contributed by atoms with van der Waals surface area (Å²) in [4.78, 5) is 0. The van der Waals surface area contributed by atoms with Crippen molar-refractivity contribution in [3.8, 4) is 0 Å². The van der Waals surface area contributed by atoms with Crippen molar-refractivity contribution in [2.45, 2.75) is 43.5 Å². The molecule has 21 heavy (non-hydrogen) atoms. The quantitative estimate of drug-likeness (QED) is 0.338. The molecule has 1 aliphatic carbocycles. The van der Waals surface area contributed by atoms with E-state index in [1.807, 2.05) is 11.8 Å². The van der Waals surface area contributed by atoms with Crippen molar-refractivity contribution in [2.75, 3.05) is 6.26 Å². The van der Waals surface area contributed by atoms with Gasteiger partial charge in [-0.1, -0.05) is 23.7 Å². The minimum atomic E-state index is -0.419. The molecule has 0 spiro atoms. The molecular formula is C15H22FN3OS. The number of nitrogens with two attached hydrogens (primary N) is 1. The molecule has 0 saturated heterocycles. The molecular weight excluding hydrogens is 289 g/mol. The second kappa shape index (κ2) is 7.66. The van der Waals surface area contributed by atoms with Crippen LogP contribution in [0.25, 0.3) is 0 Å². The molecule has 0 aliphatic heterocycles. The van der Waals surface area contributed by atoms with E-state index in [9.17, 15) is 4.39 Å². The van der Waals surface area contributed by atoms with Crippen molar-refractivity contribution < 1.29 is 9.60 Å². The summed E-state index contributed by atoms with van der Waals surface area (Å²) in [7, 11) is 0. The number of nitrogens with zero attached hydrogens (tertiary/aromatic N) is 1. The summed E-state index contributed by atoms with van der Waals surface area (Å²) >= 11 is 1.91. The van der Waals surface area contributed by atoms with Crippen LogP contribution in [0.15, 0.2) is 23.4 Å². The van der Waals surface area contributed by atoms with E-state index in [0.29, 0.717) is 23.4 Å². The van der Waals surface area contributed by atoms with Gasteiger partial charge in [0.2, 0.25) is 0 Å². The third-order valence-electron chi connectivity index (χ3n) is 4.00. The average molecular weight is 311 g/mol. The molecule has 0 aromatic heterocycles. The highest BCUT2D eigenvalue weighted by atomic mass is 32.2. The second-order valence-corrected chi connectivity index (χ2v) is 6.50. The van der Waals surface area contributed by atoms with E-state index < -0.39 is 5.82 Å². The maximum Gasteiger partial charge on any atom is 0.173 e. The van der Waals surface area contributed by atoms with E-state index in [-0.39, 0.29) is 11.4 Å². The zero-order valence-electron chi connectivity index (χ0n) is 12.2. The fourth-order valence-electron chi connectivity index (χ4n) is 2.77. The standard InChI is InChI=1S/C15H22FN3OS/c1-21-12-6-3-5-11(8-12)18-9-10-4-2-7-13(14(10)16)15(17)19-20/h2,4,7,11-12,18,20H,3,5-6,8-9H2,1H3,(H2,17,19). The molecule has 1 saturated carbocycles. The van der Waals surface area contributed by atoms with Crippen molar-refractivity contribution >= 4 is 17.6 Å². The first-order chi connectivity index (χ1) is 10.2. The van der Waals surface area contributed by atoms with E-state index in [1.165, 1.54) is 18.9 Å². The van der Waals surface area contributed by atoms with Gasteiger partial charge >= 0.3 is 0 Å². The van der Waals surface area contributed by atoms with Gasteiger partial charge in [-0.25, -0.2) is 4.39 Å². The Kier molecular flexibility index (Phi) is 5.87. The van der Waals surface area contributed by atoms with Crippen molar-refractivity contribution in [2.24, 2.45) is 10.9 Å². The Balaban J connectivity index is 2.00. The van der Waals surface area contributed by atoms with Gasteiger partial charge in [-0.05, 0) is 31.6 Å². The van der Waals surface area contributed by atoms with Gasteiger partial charge in [0.05, 0.1) is 5.56 Å². The number of amidine groups is 1. The first-order valence-corrected chi connectivity index (χ1v) is 8.46. The number of oxime groups is 1. The first kappa shape index (κ1) is 16.1. The molecule has 1 aromatic carbocycles. The number of benzene rings is 1. The zero-order valence-corrected chi connectivity index (χ0v) is 13.0. The van der Waals surface area contributed by atoms with Gasteiger partial charge in [0.1, 0.15) is 5.82 Å². The number of thioether (sulfide) groups is 1. The number of nitrogens with one attached hydrogen (secondary N) is 1. The monoisotopic (exact) mass is 311 g/mol. The predicted octanol–water partition coefficient (Wildman–Crippen LogP) is 2.68. The molecule has 1 fully saturated rings. The lowest BCUT2D eigenvalue weighted by molar-refractivity contribution is 0.318. The predicted molar refractivity (Wildman–Crippen MR) is 85.3 cm³/mol. The molecule has 4 nitrogen and oxygen atoms in total. The largest absolute Gasteiger partial charge is 0.409 e. The second-order valence-electron chi connectivity index (χ2n) is 5.37. The van der Waals surface area contributed by atoms with Crippen LogP contribution in [-0.2, 0) is 6.54 Å². The summed E-state index contributed by atoms with van der Waals surface area (Å²) in [5.41, 5.74) is 6.16. The van der Waals surface area contributed by atoms with E-state index in [1.54, 1.807) is 12.1 Å². The highest BCUT2D eigenvalue weighted by Crippen LogP contribution is 2.27. The third kappa shape index (κ3) is 4.11. The fourth-order valence-corrected chi connectivity index (χ4v) is 3.59. The maximum atomic E-state index is 14.3. The molecule has 116 valence electrons. The Morgan fingerprint density at radius 2 is 2.33 bits per heavy atom. The third-order valence-corrected chi connectivity index (χ3v) is 5.10. The number of halogens is 1. The average Bonchev–Trinajstić information content (AvgIpc) is 2.53. The molecule has 0 amide bonds. The minimum absolute atomic E-state index is 0.141. The Morgan fingerprint density at radius 3 is 3.05 bits per heavy atom. The van der Waals surface area contributed by atoms with E-state index in [0.717, 1.165) is 12.8 Å². The molecule has 1 aromatic rings. The van der Waals surface area contributed by atoms with Crippen LogP contribution in [0.3, 0.4) is 0 Å². The lowest BCUT2D eigenvalue weighted by Crippen LogP contribution is -2.35. The molecule has 4 N–H and O–H groups in total. The van der Waals surface area contributed by atoms with Gasteiger partial charge in [-0.2, -0.15) is 11.8 Å². The Labute approximate surface area is 129 Å². The number of rotatable bonds is 5. The van der Waals surface area contributed by atoms with Gasteiger partial charge < -0.3 is 16.3 Å². The summed E-state index contributed by atoms with van der Waals surface area (Å²) in [6.07, 6.45) is 6.90.